The van der Waals surface area contributed by atoms with Crippen LogP contribution < -0.4 is 25.4 Å². The van der Waals surface area contributed by atoms with Crippen LogP contribution in [0.3, 0.4) is 0 Å². The minimum atomic E-state index is 0. The van der Waals surface area contributed by atoms with Crippen molar-refractivity contribution in [2.75, 3.05) is 40.9 Å². The van der Waals surface area contributed by atoms with E-state index in [9.17, 15) is 4.79 Å². The summed E-state index contributed by atoms with van der Waals surface area (Å²) in [6.07, 6.45) is 7.30. The molecule has 1 saturated carbocycles. The average molecular weight is 546 g/mol. The van der Waals surface area contributed by atoms with Gasteiger partial charge in [-0.15, -0.1) is 24.0 Å². The van der Waals surface area contributed by atoms with Gasteiger partial charge in [0.25, 0.3) is 0 Å². The second-order valence-electron chi connectivity index (χ2n) is 7.86. The van der Waals surface area contributed by atoms with Crippen molar-refractivity contribution in [2.24, 2.45) is 4.99 Å². The fourth-order valence-electron chi connectivity index (χ4n) is 4.08. The first-order valence-electron chi connectivity index (χ1n) is 11.0. The smallest absolute Gasteiger partial charge is 0.221 e. The summed E-state index contributed by atoms with van der Waals surface area (Å²) in [5.41, 5.74) is 1.29. The molecule has 1 amide bonds. The van der Waals surface area contributed by atoms with Crippen LogP contribution in [0.25, 0.3) is 0 Å². The van der Waals surface area contributed by atoms with Crippen LogP contribution in [-0.2, 0) is 10.2 Å². The predicted octanol–water partition coefficient (Wildman–Crippen LogP) is 3.61. The highest BCUT2D eigenvalue weighted by molar-refractivity contribution is 14.0. The molecular weight excluding hydrogens is 507 g/mol. The number of hydrogen-bond acceptors (Lipinski definition) is 4. The number of halogens is 1. The Morgan fingerprint density at radius 2 is 1.74 bits per heavy atom. The van der Waals surface area contributed by atoms with Gasteiger partial charge in [-0.25, -0.2) is 0 Å². The zero-order valence-corrected chi connectivity index (χ0v) is 21.7. The van der Waals surface area contributed by atoms with E-state index in [0.717, 1.165) is 49.8 Å². The van der Waals surface area contributed by atoms with Gasteiger partial charge in [-0.1, -0.05) is 32.3 Å². The summed E-state index contributed by atoms with van der Waals surface area (Å²) in [4.78, 5) is 16.1. The number of aliphatic imine (C=N–C) groups is 1. The Morgan fingerprint density at radius 1 is 1.03 bits per heavy atom. The second kappa shape index (κ2) is 14.4. The topological polar surface area (TPSA) is 84.0 Å². The fourth-order valence-corrected chi connectivity index (χ4v) is 4.08. The van der Waals surface area contributed by atoms with E-state index in [1.54, 1.807) is 21.3 Å². The summed E-state index contributed by atoms with van der Waals surface area (Å²) in [5, 5.41) is 9.65. The SMILES string of the molecule is CCCNC(=O)CCNC(=NC)NCC1(c2ccc(OC)c(OC)c2)CCCCC1.I. The van der Waals surface area contributed by atoms with Crippen LogP contribution in [-0.4, -0.2) is 52.8 Å². The number of guanidine groups is 1. The molecule has 1 aliphatic carbocycles. The van der Waals surface area contributed by atoms with Gasteiger partial charge in [-0.05, 0) is 37.0 Å². The highest BCUT2D eigenvalue weighted by Crippen LogP contribution is 2.42. The summed E-state index contributed by atoms with van der Waals surface area (Å²) in [6.45, 7) is 4.10. The normalized spacial score (nSPS) is 15.4. The maximum atomic E-state index is 11.8. The molecule has 0 spiro atoms. The minimum absolute atomic E-state index is 0. The maximum Gasteiger partial charge on any atom is 0.221 e. The number of hydrogen-bond donors (Lipinski definition) is 3. The van der Waals surface area contributed by atoms with Gasteiger partial charge < -0.3 is 25.4 Å². The molecule has 31 heavy (non-hydrogen) atoms. The van der Waals surface area contributed by atoms with E-state index in [0.29, 0.717) is 13.0 Å². The van der Waals surface area contributed by atoms with Gasteiger partial charge in [0.2, 0.25) is 5.91 Å². The number of ether oxygens (including phenoxy) is 2. The minimum Gasteiger partial charge on any atom is -0.493 e. The van der Waals surface area contributed by atoms with Crippen LogP contribution in [0.15, 0.2) is 23.2 Å². The van der Waals surface area contributed by atoms with Gasteiger partial charge in [0.1, 0.15) is 0 Å². The Kier molecular flexibility index (Phi) is 12.7. The van der Waals surface area contributed by atoms with E-state index in [4.69, 9.17) is 9.47 Å². The highest BCUT2D eigenvalue weighted by Gasteiger charge is 2.34. The summed E-state index contributed by atoms with van der Waals surface area (Å²) in [7, 11) is 5.10. The predicted molar refractivity (Wildman–Crippen MR) is 137 cm³/mol. The number of carbonyl (C=O) groups is 1. The third kappa shape index (κ3) is 8.05. The Bertz CT molecular complexity index is 706. The second-order valence-corrected chi connectivity index (χ2v) is 7.86. The van der Waals surface area contributed by atoms with E-state index in [1.165, 1.54) is 24.8 Å². The van der Waals surface area contributed by atoms with E-state index in [1.807, 2.05) is 13.0 Å². The summed E-state index contributed by atoms with van der Waals surface area (Å²) in [5.74, 6) is 2.30. The van der Waals surface area contributed by atoms with Crippen molar-refractivity contribution in [3.63, 3.8) is 0 Å². The van der Waals surface area contributed by atoms with Crippen molar-refractivity contribution >= 4 is 35.8 Å². The van der Waals surface area contributed by atoms with Gasteiger partial charge in [-0.3, -0.25) is 9.79 Å². The van der Waals surface area contributed by atoms with Crippen molar-refractivity contribution in [2.45, 2.75) is 57.3 Å². The number of benzene rings is 1. The lowest BCUT2D eigenvalue weighted by Crippen LogP contribution is -2.47. The van der Waals surface area contributed by atoms with Crippen molar-refractivity contribution in [3.8, 4) is 11.5 Å². The molecule has 8 heteroatoms. The Labute approximate surface area is 204 Å². The third-order valence-corrected chi connectivity index (χ3v) is 5.84. The van der Waals surface area contributed by atoms with Crippen LogP contribution >= 0.6 is 24.0 Å². The largest absolute Gasteiger partial charge is 0.493 e. The molecule has 0 atom stereocenters. The number of carbonyl (C=O) groups excluding carboxylic acids is 1. The monoisotopic (exact) mass is 546 g/mol. The Balaban J connectivity index is 0.00000480. The van der Waals surface area contributed by atoms with Gasteiger partial charge >= 0.3 is 0 Å². The van der Waals surface area contributed by atoms with Crippen molar-refractivity contribution in [1.82, 2.24) is 16.0 Å². The van der Waals surface area contributed by atoms with Crippen LogP contribution in [0, 0.1) is 0 Å². The number of amides is 1. The molecule has 0 bridgehead atoms. The maximum absolute atomic E-state index is 11.8. The summed E-state index contributed by atoms with van der Waals surface area (Å²) in [6, 6.07) is 6.26. The molecule has 1 aromatic rings. The Hall–Kier alpha value is -1.71. The molecular formula is C23H39IN4O3. The zero-order chi connectivity index (χ0) is 21.8. The highest BCUT2D eigenvalue weighted by atomic mass is 127. The molecule has 0 heterocycles. The van der Waals surface area contributed by atoms with Gasteiger partial charge in [0, 0.05) is 38.5 Å². The number of nitrogens with zero attached hydrogens (tertiary/aromatic N) is 1. The molecule has 7 nitrogen and oxygen atoms in total. The van der Waals surface area contributed by atoms with Gasteiger partial charge in [0.05, 0.1) is 14.2 Å². The van der Waals surface area contributed by atoms with E-state index < -0.39 is 0 Å². The quantitative estimate of drug-likeness (QED) is 0.237. The van der Waals surface area contributed by atoms with E-state index >= 15 is 0 Å². The van der Waals surface area contributed by atoms with Crippen molar-refractivity contribution in [1.29, 1.82) is 0 Å². The van der Waals surface area contributed by atoms with Crippen molar-refractivity contribution < 1.29 is 14.3 Å². The molecule has 0 radical (unpaired) electrons. The zero-order valence-electron chi connectivity index (χ0n) is 19.4. The molecule has 1 aromatic carbocycles. The first-order valence-corrected chi connectivity index (χ1v) is 11.0. The van der Waals surface area contributed by atoms with Crippen LogP contribution in [0.4, 0.5) is 0 Å². The molecule has 0 unspecified atom stereocenters. The van der Waals surface area contributed by atoms with E-state index in [2.05, 4.69) is 33.1 Å². The molecule has 0 saturated heterocycles. The first-order chi connectivity index (χ1) is 14.6. The standard InChI is InChI=1S/C23H38N4O3.HI/c1-5-14-25-21(28)11-15-26-22(24-2)27-17-23(12-7-6-8-13-23)18-9-10-19(29-3)20(16-18)30-4;/h9-10,16H,5-8,11-15,17H2,1-4H3,(H,25,28)(H2,24,26,27);1H. The number of rotatable bonds is 10. The van der Waals surface area contributed by atoms with Gasteiger partial charge in [0.15, 0.2) is 17.5 Å². The molecule has 0 aromatic heterocycles. The average Bonchev–Trinajstić information content (AvgIpc) is 2.79. The van der Waals surface area contributed by atoms with Crippen LogP contribution in [0.2, 0.25) is 0 Å². The molecule has 1 aliphatic rings. The summed E-state index contributed by atoms with van der Waals surface area (Å²) >= 11 is 0. The number of methoxy groups -OCH3 is 2. The van der Waals surface area contributed by atoms with E-state index in [-0.39, 0.29) is 35.3 Å². The molecule has 176 valence electrons. The fraction of sp³-hybridized carbons (Fsp3) is 0.652. The lowest BCUT2D eigenvalue weighted by atomic mass is 9.69. The molecule has 0 aliphatic heterocycles. The summed E-state index contributed by atoms with van der Waals surface area (Å²) < 4.78 is 11.0. The number of nitrogens with one attached hydrogen (secondary N) is 3. The molecule has 1 fully saturated rings. The van der Waals surface area contributed by atoms with Crippen molar-refractivity contribution in [3.05, 3.63) is 23.8 Å². The lowest BCUT2D eigenvalue weighted by molar-refractivity contribution is -0.120. The molecule has 2 rings (SSSR count). The molecule has 3 N–H and O–H groups in total. The third-order valence-electron chi connectivity index (χ3n) is 5.84. The van der Waals surface area contributed by atoms with Crippen LogP contribution in [0.1, 0.15) is 57.4 Å². The first kappa shape index (κ1) is 27.3. The van der Waals surface area contributed by atoms with Crippen LogP contribution in [0.5, 0.6) is 11.5 Å². The Morgan fingerprint density at radius 3 is 2.35 bits per heavy atom. The van der Waals surface area contributed by atoms with Gasteiger partial charge in [-0.2, -0.15) is 0 Å². The lowest BCUT2D eigenvalue weighted by Gasteiger charge is -2.38.